The molecule has 2 atom stereocenters. The van der Waals surface area contributed by atoms with Gasteiger partial charge in [-0.3, -0.25) is 14.4 Å². The molecule has 1 unspecified atom stereocenters. The summed E-state index contributed by atoms with van der Waals surface area (Å²) >= 11 is 0. The van der Waals surface area contributed by atoms with Gasteiger partial charge in [-0.15, -0.1) is 0 Å². The third kappa shape index (κ3) is 3.88. The molecule has 1 amide bonds. The molecule has 2 saturated carbocycles. The SMILES string of the molecule is CS(=O)(=O)Nc1ccc(C2C[C@@H]2C(=O)N2CCN(C3CCC3)CC2)cc1. The van der Waals surface area contributed by atoms with Crippen molar-refractivity contribution in [3.05, 3.63) is 29.8 Å². The van der Waals surface area contributed by atoms with Crippen molar-refractivity contribution in [2.24, 2.45) is 5.92 Å². The summed E-state index contributed by atoms with van der Waals surface area (Å²) in [7, 11) is -3.26. The predicted octanol–water partition coefficient (Wildman–Crippen LogP) is 1.86. The first-order valence-electron chi connectivity index (χ1n) is 9.51. The first kappa shape index (κ1) is 17.8. The Morgan fingerprint density at radius 1 is 1.08 bits per heavy atom. The van der Waals surface area contributed by atoms with E-state index in [0.717, 1.165) is 50.5 Å². The minimum Gasteiger partial charge on any atom is -0.340 e. The molecule has 4 rings (SSSR count). The van der Waals surface area contributed by atoms with E-state index in [-0.39, 0.29) is 11.8 Å². The van der Waals surface area contributed by atoms with Crippen molar-refractivity contribution < 1.29 is 13.2 Å². The predicted molar refractivity (Wildman–Crippen MR) is 102 cm³/mol. The van der Waals surface area contributed by atoms with Gasteiger partial charge < -0.3 is 4.90 Å². The molecule has 3 aliphatic rings. The number of rotatable bonds is 5. The fraction of sp³-hybridized carbons (Fsp3) is 0.632. The van der Waals surface area contributed by atoms with Crippen LogP contribution < -0.4 is 4.72 Å². The van der Waals surface area contributed by atoms with E-state index < -0.39 is 10.0 Å². The summed E-state index contributed by atoms with van der Waals surface area (Å²) in [6, 6.07) is 8.17. The highest BCUT2D eigenvalue weighted by molar-refractivity contribution is 7.92. The molecule has 0 spiro atoms. The molecule has 1 saturated heterocycles. The number of nitrogens with one attached hydrogen (secondary N) is 1. The molecule has 7 heteroatoms. The zero-order valence-electron chi connectivity index (χ0n) is 15.2. The summed E-state index contributed by atoms with van der Waals surface area (Å²) in [6.45, 7) is 3.74. The molecule has 1 heterocycles. The molecule has 1 aromatic rings. The van der Waals surface area contributed by atoms with Gasteiger partial charge in [0.25, 0.3) is 0 Å². The summed E-state index contributed by atoms with van der Waals surface area (Å²) in [6.07, 6.45) is 6.04. The monoisotopic (exact) mass is 377 g/mol. The maximum Gasteiger partial charge on any atom is 0.229 e. The van der Waals surface area contributed by atoms with Crippen LogP contribution in [0.25, 0.3) is 0 Å². The first-order chi connectivity index (χ1) is 12.4. The second-order valence-electron chi connectivity index (χ2n) is 7.89. The lowest BCUT2D eigenvalue weighted by atomic mass is 9.91. The van der Waals surface area contributed by atoms with E-state index in [1.165, 1.54) is 19.3 Å². The molecule has 6 nitrogen and oxygen atoms in total. The number of carbonyl (C=O) groups is 1. The van der Waals surface area contributed by atoms with Crippen LogP contribution in [-0.2, 0) is 14.8 Å². The van der Waals surface area contributed by atoms with Crippen molar-refractivity contribution >= 4 is 21.6 Å². The molecule has 0 radical (unpaired) electrons. The standard InChI is InChI=1S/C19H27N3O3S/c1-26(24,25)20-15-7-5-14(6-8-15)17-13-18(17)19(23)22-11-9-21(10-12-22)16-3-2-4-16/h5-8,16-18,20H,2-4,9-13H2,1H3/t17?,18-/m0/s1. The highest BCUT2D eigenvalue weighted by Crippen LogP contribution is 2.48. The smallest absolute Gasteiger partial charge is 0.229 e. The lowest BCUT2D eigenvalue weighted by molar-refractivity contribution is -0.135. The largest absolute Gasteiger partial charge is 0.340 e. The van der Waals surface area contributed by atoms with E-state index in [1.54, 1.807) is 12.1 Å². The molecule has 142 valence electrons. The molecule has 1 N–H and O–H groups in total. The Morgan fingerprint density at radius 3 is 2.27 bits per heavy atom. The zero-order valence-corrected chi connectivity index (χ0v) is 16.0. The Labute approximate surface area is 155 Å². The van der Waals surface area contributed by atoms with Crippen LogP contribution in [-0.4, -0.2) is 62.6 Å². The van der Waals surface area contributed by atoms with E-state index in [9.17, 15) is 13.2 Å². The zero-order chi connectivity index (χ0) is 18.3. The number of amides is 1. The molecular weight excluding hydrogens is 350 g/mol. The second kappa shape index (κ2) is 6.85. The maximum atomic E-state index is 12.8. The normalized spacial score (nSPS) is 27.0. The van der Waals surface area contributed by atoms with E-state index in [0.29, 0.717) is 11.6 Å². The van der Waals surface area contributed by atoms with Gasteiger partial charge in [0.2, 0.25) is 15.9 Å². The van der Waals surface area contributed by atoms with Crippen molar-refractivity contribution in [3.63, 3.8) is 0 Å². The lowest BCUT2D eigenvalue weighted by Crippen LogP contribution is -2.53. The third-order valence-electron chi connectivity index (χ3n) is 5.97. The van der Waals surface area contributed by atoms with Crippen molar-refractivity contribution in [2.45, 2.75) is 37.6 Å². The quantitative estimate of drug-likeness (QED) is 0.850. The van der Waals surface area contributed by atoms with E-state index in [1.807, 2.05) is 17.0 Å². The fourth-order valence-corrected chi connectivity index (χ4v) is 4.71. The average molecular weight is 378 g/mol. The number of nitrogens with zero attached hydrogens (tertiary/aromatic N) is 2. The Balaban J connectivity index is 1.30. The van der Waals surface area contributed by atoms with E-state index in [2.05, 4.69) is 9.62 Å². The maximum absolute atomic E-state index is 12.8. The number of piperazine rings is 1. The van der Waals surface area contributed by atoms with Gasteiger partial charge in [0.15, 0.2) is 0 Å². The summed E-state index contributed by atoms with van der Waals surface area (Å²) in [4.78, 5) is 17.4. The second-order valence-corrected chi connectivity index (χ2v) is 9.64. The average Bonchev–Trinajstić information content (AvgIpc) is 3.33. The van der Waals surface area contributed by atoms with Crippen molar-refractivity contribution in [2.75, 3.05) is 37.2 Å². The Kier molecular flexibility index (Phi) is 4.69. The van der Waals surface area contributed by atoms with Gasteiger partial charge in [0.05, 0.1) is 6.26 Å². The Morgan fingerprint density at radius 2 is 1.73 bits per heavy atom. The van der Waals surface area contributed by atoms with Gasteiger partial charge in [-0.2, -0.15) is 0 Å². The van der Waals surface area contributed by atoms with Crippen LogP contribution in [0.5, 0.6) is 0 Å². The molecule has 1 aliphatic heterocycles. The number of carbonyl (C=O) groups excluding carboxylic acids is 1. The summed E-state index contributed by atoms with van der Waals surface area (Å²) in [5.41, 5.74) is 1.68. The van der Waals surface area contributed by atoms with Crippen LogP contribution in [0.2, 0.25) is 0 Å². The minimum atomic E-state index is -3.26. The number of hydrogen-bond acceptors (Lipinski definition) is 4. The number of benzene rings is 1. The highest BCUT2D eigenvalue weighted by atomic mass is 32.2. The molecule has 3 fully saturated rings. The molecule has 0 bridgehead atoms. The molecule has 2 aliphatic carbocycles. The van der Waals surface area contributed by atoms with Crippen molar-refractivity contribution in [3.8, 4) is 0 Å². The Bertz CT molecular complexity index is 766. The number of anilines is 1. The van der Waals surface area contributed by atoms with Gasteiger partial charge in [-0.25, -0.2) is 8.42 Å². The van der Waals surface area contributed by atoms with Gasteiger partial charge in [-0.1, -0.05) is 18.6 Å². The summed E-state index contributed by atoms with van der Waals surface area (Å²) in [5.74, 6) is 0.667. The lowest BCUT2D eigenvalue weighted by Gasteiger charge is -2.43. The highest BCUT2D eigenvalue weighted by Gasteiger charge is 2.46. The van der Waals surface area contributed by atoms with Crippen LogP contribution in [0.15, 0.2) is 24.3 Å². The molecule has 1 aromatic carbocycles. The van der Waals surface area contributed by atoms with Gasteiger partial charge in [0.1, 0.15) is 0 Å². The topological polar surface area (TPSA) is 69.7 Å². The van der Waals surface area contributed by atoms with Crippen LogP contribution in [0, 0.1) is 5.92 Å². The Hall–Kier alpha value is -1.60. The minimum absolute atomic E-state index is 0.0963. The molecular formula is C19H27N3O3S. The van der Waals surface area contributed by atoms with Crippen LogP contribution in [0.4, 0.5) is 5.69 Å². The van der Waals surface area contributed by atoms with Gasteiger partial charge in [-0.05, 0) is 42.9 Å². The van der Waals surface area contributed by atoms with E-state index >= 15 is 0 Å². The van der Waals surface area contributed by atoms with Crippen LogP contribution in [0.3, 0.4) is 0 Å². The first-order valence-corrected chi connectivity index (χ1v) is 11.4. The van der Waals surface area contributed by atoms with Gasteiger partial charge in [0, 0.05) is 43.8 Å². The third-order valence-corrected chi connectivity index (χ3v) is 6.57. The summed E-state index contributed by atoms with van der Waals surface area (Å²) in [5, 5.41) is 0. The summed E-state index contributed by atoms with van der Waals surface area (Å²) < 4.78 is 25.0. The van der Waals surface area contributed by atoms with Gasteiger partial charge >= 0.3 is 0 Å². The van der Waals surface area contributed by atoms with E-state index in [4.69, 9.17) is 0 Å². The van der Waals surface area contributed by atoms with Crippen LogP contribution >= 0.6 is 0 Å². The fourth-order valence-electron chi connectivity index (χ4n) is 4.14. The van der Waals surface area contributed by atoms with Crippen molar-refractivity contribution in [1.82, 2.24) is 9.80 Å². The number of sulfonamides is 1. The molecule has 0 aromatic heterocycles. The van der Waals surface area contributed by atoms with Crippen molar-refractivity contribution in [1.29, 1.82) is 0 Å². The van der Waals surface area contributed by atoms with Crippen LogP contribution in [0.1, 0.15) is 37.2 Å². The number of hydrogen-bond donors (Lipinski definition) is 1. The molecule has 26 heavy (non-hydrogen) atoms.